The van der Waals surface area contributed by atoms with E-state index in [2.05, 4.69) is 15.6 Å². The second kappa shape index (κ2) is 25.5. The summed E-state index contributed by atoms with van der Waals surface area (Å²) in [6.07, 6.45) is -1.51. The summed E-state index contributed by atoms with van der Waals surface area (Å²) in [5.74, 6) is 0.174. The first-order valence-electron chi connectivity index (χ1n) is 26.0. The number of methoxy groups -OCH3 is 2. The zero-order valence-corrected chi connectivity index (χ0v) is 44.1. The molecule has 0 bridgehead atoms. The van der Waals surface area contributed by atoms with Crippen LogP contribution >= 0.6 is 0 Å². The summed E-state index contributed by atoms with van der Waals surface area (Å²) in [6, 6.07) is 40.9. The van der Waals surface area contributed by atoms with E-state index in [0.29, 0.717) is 43.7 Å². The van der Waals surface area contributed by atoms with Gasteiger partial charge in [0.15, 0.2) is 6.23 Å². The molecule has 406 valence electrons. The molecule has 1 aliphatic heterocycles. The molecular weight excluding hydrogens is 985 g/mol. The van der Waals surface area contributed by atoms with Crippen LogP contribution in [0.15, 0.2) is 149 Å². The Hall–Kier alpha value is -7.57. The van der Waals surface area contributed by atoms with Gasteiger partial charge in [0.2, 0.25) is 5.91 Å². The highest BCUT2D eigenvalue weighted by molar-refractivity contribution is 5.86. The van der Waals surface area contributed by atoms with Gasteiger partial charge in [0, 0.05) is 37.8 Å². The largest absolute Gasteiger partial charge is 0.497 e. The zero-order valence-electron chi connectivity index (χ0n) is 44.1. The standard InChI is InChI=1S/C60H68N4O13/c1-59(2,3)77-52(66)32-31-49(62-58(70)74-37-48-46-21-13-11-19-44(46)45-20-12-14-22-47(45)48)55(68)61-34-15-6-7-16-36-73-54-53(67)50(76-56(54)64-35-33-51(65)63-57(64)69)38-75-60(39-17-9-8-10-18-39,40-23-27-42(71-4)28-24-40)41-25-29-43(72-5)30-26-41/h8-14,17-30,33,35,48-50,53-54,56,67H,6-7,15-16,31-32,34,36-38H2,1-5H3,(H,61,68)(H,62,70)(H,63,65,69)/t49-,50+,53+,54+,56+/m0/s1. The molecular formula is C60H68N4O13. The van der Waals surface area contributed by atoms with Gasteiger partial charge in [-0.15, -0.1) is 0 Å². The number of rotatable bonds is 24. The summed E-state index contributed by atoms with van der Waals surface area (Å²) in [6.45, 7) is 5.66. The maximum absolute atomic E-state index is 13.6. The van der Waals surface area contributed by atoms with E-state index >= 15 is 0 Å². The quantitative estimate of drug-likeness (QED) is 0.0258. The average molecular weight is 1050 g/mol. The van der Waals surface area contributed by atoms with Gasteiger partial charge in [0.05, 0.1) is 20.8 Å². The van der Waals surface area contributed by atoms with Crippen LogP contribution < -0.4 is 31.4 Å². The van der Waals surface area contributed by atoms with Crippen LogP contribution in [0.2, 0.25) is 0 Å². The van der Waals surface area contributed by atoms with E-state index in [-0.39, 0.29) is 38.6 Å². The molecule has 2 aliphatic rings. The van der Waals surface area contributed by atoms with Gasteiger partial charge in [-0.3, -0.25) is 23.9 Å². The van der Waals surface area contributed by atoms with Crippen LogP contribution in [0, 0.1) is 0 Å². The van der Waals surface area contributed by atoms with Gasteiger partial charge in [0.25, 0.3) is 5.56 Å². The average Bonchev–Trinajstić information content (AvgIpc) is 3.96. The maximum atomic E-state index is 13.6. The monoisotopic (exact) mass is 1050 g/mol. The summed E-state index contributed by atoms with van der Waals surface area (Å²) in [5.41, 5.74) is 3.35. The number of esters is 1. The van der Waals surface area contributed by atoms with Crippen LogP contribution in [0.4, 0.5) is 4.79 Å². The number of amides is 2. The molecule has 17 nitrogen and oxygen atoms in total. The normalized spacial score (nSPS) is 17.4. The van der Waals surface area contributed by atoms with E-state index in [0.717, 1.165) is 38.9 Å². The maximum Gasteiger partial charge on any atom is 0.407 e. The highest BCUT2D eigenvalue weighted by Crippen LogP contribution is 2.45. The van der Waals surface area contributed by atoms with Crippen molar-refractivity contribution in [2.45, 2.75) is 107 Å². The lowest BCUT2D eigenvalue weighted by Gasteiger charge is -2.37. The number of hydrogen-bond acceptors (Lipinski definition) is 13. The number of aromatic nitrogens is 2. The molecule has 4 N–H and O–H groups in total. The summed E-state index contributed by atoms with van der Waals surface area (Å²) < 4.78 is 43.2. The summed E-state index contributed by atoms with van der Waals surface area (Å²) >= 11 is 0. The third-order valence-electron chi connectivity index (χ3n) is 13.8. The topological polar surface area (TPSA) is 215 Å². The van der Waals surface area contributed by atoms with Crippen molar-refractivity contribution in [3.63, 3.8) is 0 Å². The number of benzene rings is 5. The van der Waals surface area contributed by atoms with E-state index in [9.17, 15) is 29.1 Å². The van der Waals surface area contributed by atoms with Crippen molar-refractivity contribution in [1.82, 2.24) is 20.2 Å². The van der Waals surface area contributed by atoms with Gasteiger partial charge in [-0.2, -0.15) is 0 Å². The van der Waals surface area contributed by atoms with E-state index in [1.807, 2.05) is 127 Å². The number of aromatic amines is 1. The number of carbonyl (C=O) groups excluding carboxylic acids is 3. The third-order valence-corrected chi connectivity index (χ3v) is 13.8. The van der Waals surface area contributed by atoms with E-state index < -0.39 is 71.0 Å². The van der Waals surface area contributed by atoms with Crippen LogP contribution in [0.3, 0.4) is 0 Å². The van der Waals surface area contributed by atoms with Crippen molar-refractivity contribution in [2.24, 2.45) is 0 Å². The molecule has 8 rings (SSSR count). The van der Waals surface area contributed by atoms with Crippen LogP contribution in [0.1, 0.15) is 99.3 Å². The van der Waals surface area contributed by atoms with Gasteiger partial charge < -0.3 is 48.9 Å². The molecule has 77 heavy (non-hydrogen) atoms. The van der Waals surface area contributed by atoms with Crippen molar-refractivity contribution in [1.29, 1.82) is 0 Å². The van der Waals surface area contributed by atoms with Crippen molar-refractivity contribution in [2.75, 3.05) is 40.6 Å². The number of hydrogen-bond donors (Lipinski definition) is 4. The minimum atomic E-state index is -1.28. The summed E-state index contributed by atoms with van der Waals surface area (Å²) in [4.78, 5) is 67.2. The van der Waals surface area contributed by atoms with Gasteiger partial charge in [-0.1, -0.05) is 116 Å². The lowest BCUT2D eigenvalue weighted by molar-refractivity contribution is -0.155. The first-order chi connectivity index (χ1) is 37.2. The Morgan fingerprint density at radius 1 is 0.727 bits per heavy atom. The number of ether oxygens (including phenoxy) is 7. The van der Waals surface area contributed by atoms with Crippen LogP contribution in [-0.4, -0.2) is 103 Å². The second-order valence-electron chi connectivity index (χ2n) is 20.1. The Bertz CT molecular complexity index is 2950. The lowest BCUT2D eigenvalue weighted by Crippen LogP contribution is -2.47. The molecule has 2 heterocycles. The molecule has 1 saturated heterocycles. The van der Waals surface area contributed by atoms with Crippen LogP contribution in [0.5, 0.6) is 11.5 Å². The van der Waals surface area contributed by atoms with Crippen molar-refractivity contribution >= 4 is 18.0 Å². The first kappa shape index (κ1) is 55.7. The van der Waals surface area contributed by atoms with Crippen LogP contribution in [0.25, 0.3) is 11.1 Å². The number of nitrogens with one attached hydrogen (secondary N) is 3. The molecule has 1 fully saturated rings. The third kappa shape index (κ3) is 13.5. The lowest BCUT2D eigenvalue weighted by atomic mass is 9.80. The van der Waals surface area contributed by atoms with Gasteiger partial charge in [-0.05, 0) is 103 Å². The number of unbranched alkanes of at least 4 members (excludes halogenated alkanes) is 3. The Morgan fingerprint density at radius 2 is 1.31 bits per heavy atom. The smallest absolute Gasteiger partial charge is 0.407 e. The molecule has 5 atom stereocenters. The van der Waals surface area contributed by atoms with Gasteiger partial charge >= 0.3 is 17.8 Å². The highest BCUT2D eigenvalue weighted by Gasteiger charge is 2.48. The number of fused-ring (bicyclic) bond motifs is 3. The fraction of sp³-hybridized carbons (Fsp3) is 0.383. The van der Waals surface area contributed by atoms with E-state index in [1.165, 1.54) is 16.8 Å². The number of nitrogens with zero attached hydrogens (tertiary/aromatic N) is 1. The molecule has 0 radical (unpaired) electrons. The molecule has 0 saturated carbocycles. The number of carbonyl (C=O) groups is 3. The van der Waals surface area contributed by atoms with Gasteiger partial charge in [-0.25, -0.2) is 9.59 Å². The fourth-order valence-electron chi connectivity index (χ4n) is 10.0. The fourth-order valence-corrected chi connectivity index (χ4v) is 10.0. The predicted octanol–water partition coefficient (Wildman–Crippen LogP) is 7.91. The SMILES string of the molecule is COc1ccc(C(OC[C@H]2O[C@@H](n3ccc(=O)[nH]c3=O)[C@H](OCCCCCCNC(=O)[C@H](CCC(=O)OC(C)(C)C)NC(=O)OCC3c4ccccc4-c4ccccc43)[C@@H]2O)(c2ccccc2)c2ccc(OC)cc2)cc1. The van der Waals surface area contributed by atoms with E-state index in [1.54, 1.807) is 35.0 Å². The Balaban J connectivity index is 0.878. The molecule has 17 heteroatoms. The minimum Gasteiger partial charge on any atom is -0.497 e. The predicted molar refractivity (Wildman–Crippen MR) is 288 cm³/mol. The molecule has 0 spiro atoms. The zero-order chi connectivity index (χ0) is 54.5. The van der Waals surface area contributed by atoms with Crippen molar-refractivity contribution in [3.8, 4) is 22.6 Å². The number of aliphatic hydroxyl groups excluding tert-OH is 1. The second-order valence-corrected chi connectivity index (χ2v) is 20.1. The Labute approximate surface area is 447 Å². The van der Waals surface area contributed by atoms with Gasteiger partial charge in [0.1, 0.15) is 53.7 Å². The van der Waals surface area contributed by atoms with E-state index in [4.69, 9.17) is 33.2 Å². The number of aliphatic hydroxyl groups is 1. The summed E-state index contributed by atoms with van der Waals surface area (Å²) in [5, 5.41) is 17.6. The minimum absolute atomic E-state index is 0.00256. The van der Waals surface area contributed by atoms with Crippen LogP contribution in [-0.2, 0) is 38.9 Å². The Morgan fingerprint density at radius 3 is 1.91 bits per heavy atom. The number of H-pyrrole nitrogens is 1. The molecule has 2 amide bonds. The molecule has 1 aliphatic carbocycles. The number of alkyl carbamates (subject to hydrolysis) is 1. The van der Waals surface area contributed by atoms with Crippen molar-refractivity contribution < 1.29 is 52.6 Å². The summed E-state index contributed by atoms with van der Waals surface area (Å²) in [7, 11) is 3.19. The molecule has 5 aromatic carbocycles. The molecule has 1 aromatic heterocycles. The molecule has 0 unspecified atom stereocenters. The first-order valence-corrected chi connectivity index (χ1v) is 26.0. The molecule has 6 aromatic rings. The highest BCUT2D eigenvalue weighted by atomic mass is 16.6. The Kier molecular flexibility index (Phi) is 18.4. The van der Waals surface area contributed by atoms with Crippen molar-refractivity contribution in [3.05, 3.63) is 188 Å².